The summed E-state index contributed by atoms with van der Waals surface area (Å²) in [7, 11) is 1.68. The maximum Gasteiger partial charge on any atom is 0.317 e. The molecule has 0 aromatic heterocycles. The molecule has 0 bridgehead atoms. The zero-order valence-corrected chi connectivity index (χ0v) is 15.0. The molecule has 2 amide bonds. The average molecular weight is 369 g/mol. The number of benzene rings is 2. The van der Waals surface area contributed by atoms with Gasteiger partial charge in [0.1, 0.15) is 11.6 Å². The summed E-state index contributed by atoms with van der Waals surface area (Å²) in [6.45, 7) is 1.19. The molecule has 1 N–H and O–H groups in total. The SMILES string of the molecule is CN(Cc1cccc(C#N)c1)C(=O)NCCc1cc(F)cc2c1OCOC2. The van der Waals surface area contributed by atoms with Gasteiger partial charge >= 0.3 is 6.03 Å². The molecule has 140 valence electrons. The van der Waals surface area contributed by atoms with Crippen LogP contribution in [0.2, 0.25) is 0 Å². The van der Waals surface area contributed by atoms with Crippen LogP contribution in [0.5, 0.6) is 5.75 Å². The number of ether oxygens (including phenoxy) is 2. The summed E-state index contributed by atoms with van der Waals surface area (Å²) in [6, 6.07) is 11.8. The topological polar surface area (TPSA) is 74.6 Å². The standard InChI is InChI=1S/C20H20FN3O3/c1-24(11-15-4-2-3-14(7-15)10-22)20(25)23-6-5-16-8-18(21)9-17-12-26-13-27-19(16)17/h2-4,7-9H,5-6,11-13H2,1H3,(H,23,25). The Morgan fingerprint density at radius 2 is 2.22 bits per heavy atom. The molecule has 0 spiro atoms. The van der Waals surface area contributed by atoms with Gasteiger partial charge in [-0.3, -0.25) is 0 Å². The number of urea groups is 1. The Morgan fingerprint density at radius 1 is 1.37 bits per heavy atom. The van der Waals surface area contributed by atoms with Gasteiger partial charge in [0.15, 0.2) is 6.79 Å². The Bertz CT molecular complexity index is 879. The van der Waals surface area contributed by atoms with Crippen LogP contribution in [0.4, 0.5) is 9.18 Å². The third-order valence-electron chi connectivity index (χ3n) is 4.24. The highest BCUT2D eigenvalue weighted by molar-refractivity contribution is 5.73. The van der Waals surface area contributed by atoms with Gasteiger partial charge in [-0.15, -0.1) is 0 Å². The number of nitrogens with one attached hydrogen (secondary N) is 1. The first kappa shape index (κ1) is 18.7. The number of carbonyl (C=O) groups is 1. The van der Waals surface area contributed by atoms with E-state index in [1.165, 1.54) is 17.0 Å². The fraction of sp³-hybridized carbons (Fsp3) is 0.300. The predicted octanol–water partition coefficient (Wildman–Crippen LogP) is 2.95. The van der Waals surface area contributed by atoms with E-state index in [9.17, 15) is 9.18 Å². The van der Waals surface area contributed by atoms with Crippen LogP contribution in [0.3, 0.4) is 0 Å². The number of hydrogen-bond donors (Lipinski definition) is 1. The highest BCUT2D eigenvalue weighted by Crippen LogP contribution is 2.29. The zero-order valence-electron chi connectivity index (χ0n) is 15.0. The summed E-state index contributed by atoms with van der Waals surface area (Å²) in [5.41, 5.74) is 2.82. The summed E-state index contributed by atoms with van der Waals surface area (Å²) in [4.78, 5) is 13.8. The van der Waals surface area contributed by atoms with Gasteiger partial charge in [0.2, 0.25) is 0 Å². The third-order valence-corrected chi connectivity index (χ3v) is 4.24. The van der Waals surface area contributed by atoms with Crippen molar-refractivity contribution in [2.45, 2.75) is 19.6 Å². The number of nitrogens with zero attached hydrogens (tertiary/aromatic N) is 2. The van der Waals surface area contributed by atoms with E-state index in [0.717, 1.165) is 5.56 Å². The van der Waals surface area contributed by atoms with Crippen LogP contribution >= 0.6 is 0 Å². The highest BCUT2D eigenvalue weighted by Gasteiger charge is 2.17. The van der Waals surface area contributed by atoms with Crippen molar-refractivity contribution in [3.63, 3.8) is 0 Å². The predicted molar refractivity (Wildman–Crippen MR) is 96.4 cm³/mol. The molecule has 0 atom stereocenters. The van der Waals surface area contributed by atoms with Gasteiger partial charge in [-0.05, 0) is 41.8 Å². The average Bonchev–Trinajstić information content (AvgIpc) is 2.67. The number of hydrogen-bond acceptors (Lipinski definition) is 4. The fourth-order valence-corrected chi connectivity index (χ4v) is 2.97. The van der Waals surface area contributed by atoms with E-state index in [4.69, 9.17) is 14.7 Å². The second-order valence-corrected chi connectivity index (χ2v) is 6.31. The largest absolute Gasteiger partial charge is 0.467 e. The number of amides is 2. The summed E-state index contributed by atoms with van der Waals surface area (Å²) >= 11 is 0. The maximum absolute atomic E-state index is 13.7. The molecule has 0 unspecified atom stereocenters. The molecule has 0 radical (unpaired) electrons. The van der Waals surface area contributed by atoms with Crippen molar-refractivity contribution < 1.29 is 18.7 Å². The van der Waals surface area contributed by atoms with Crippen molar-refractivity contribution in [2.75, 3.05) is 20.4 Å². The summed E-state index contributed by atoms with van der Waals surface area (Å²) in [5.74, 6) is 0.289. The molecule has 2 aromatic rings. The minimum absolute atomic E-state index is 0.141. The van der Waals surface area contributed by atoms with Crippen molar-refractivity contribution in [1.29, 1.82) is 5.26 Å². The molecule has 6 nitrogen and oxygen atoms in total. The highest BCUT2D eigenvalue weighted by atomic mass is 19.1. The molecule has 3 rings (SSSR count). The van der Waals surface area contributed by atoms with Gasteiger partial charge in [-0.25, -0.2) is 9.18 Å². The lowest BCUT2D eigenvalue weighted by Gasteiger charge is -2.21. The van der Waals surface area contributed by atoms with E-state index in [1.807, 2.05) is 6.07 Å². The smallest absolute Gasteiger partial charge is 0.317 e. The minimum atomic E-state index is -0.348. The van der Waals surface area contributed by atoms with Crippen LogP contribution in [-0.4, -0.2) is 31.3 Å². The molecule has 0 saturated carbocycles. The lowest BCUT2D eigenvalue weighted by atomic mass is 10.1. The summed E-state index contributed by atoms with van der Waals surface area (Å²) < 4.78 is 24.4. The molecular formula is C20H20FN3O3. The molecular weight excluding hydrogens is 349 g/mol. The Labute approximate surface area is 157 Å². The molecule has 0 saturated heterocycles. The van der Waals surface area contributed by atoms with Gasteiger partial charge in [0.05, 0.1) is 18.2 Å². The number of rotatable bonds is 5. The summed E-state index contributed by atoms with van der Waals surface area (Å²) in [5, 5.41) is 11.8. The van der Waals surface area contributed by atoms with E-state index < -0.39 is 0 Å². The maximum atomic E-state index is 13.7. The molecule has 2 aromatic carbocycles. The summed E-state index contributed by atoms with van der Waals surface area (Å²) in [6.07, 6.45) is 0.448. The second kappa shape index (κ2) is 8.52. The van der Waals surface area contributed by atoms with Crippen LogP contribution in [0.25, 0.3) is 0 Å². The monoisotopic (exact) mass is 369 g/mol. The molecule has 1 aliphatic heterocycles. The van der Waals surface area contributed by atoms with E-state index in [0.29, 0.717) is 48.6 Å². The Hall–Kier alpha value is -3.11. The van der Waals surface area contributed by atoms with Crippen molar-refractivity contribution in [1.82, 2.24) is 10.2 Å². The van der Waals surface area contributed by atoms with Gasteiger partial charge in [-0.1, -0.05) is 12.1 Å². The molecule has 0 fully saturated rings. The first-order valence-corrected chi connectivity index (χ1v) is 8.56. The quantitative estimate of drug-likeness (QED) is 0.879. The number of fused-ring (bicyclic) bond motifs is 1. The second-order valence-electron chi connectivity index (χ2n) is 6.31. The minimum Gasteiger partial charge on any atom is -0.467 e. The fourth-order valence-electron chi connectivity index (χ4n) is 2.97. The van der Waals surface area contributed by atoms with Crippen LogP contribution in [0.15, 0.2) is 36.4 Å². The normalized spacial score (nSPS) is 12.5. The van der Waals surface area contributed by atoms with Crippen LogP contribution in [-0.2, 0) is 24.3 Å². The zero-order chi connectivity index (χ0) is 19.2. The molecule has 7 heteroatoms. The van der Waals surface area contributed by atoms with Gasteiger partial charge in [-0.2, -0.15) is 5.26 Å². The first-order chi connectivity index (χ1) is 13.1. The van der Waals surface area contributed by atoms with Gasteiger partial charge in [0.25, 0.3) is 0 Å². The molecule has 1 aliphatic rings. The molecule has 27 heavy (non-hydrogen) atoms. The third kappa shape index (κ3) is 4.74. The van der Waals surface area contributed by atoms with Crippen molar-refractivity contribution >= 4 is 6.03 Å². The van der Waals surface area contributed by atoms with E-state index in [1.54, 1.807) is 25.2 Å². The Kier molecular flexibility index (Phi) is 5.89. The first-order valence-electron chi connectivity index (χ1n) is 8.56. The number of nitriles is 1. The molecule has 1 heterocycles. The van der Waals surface area contributed by atoms with Crippen molar-refractivity contribution in [3.8, 4) is 11.8 Å². The number of halogens is 1. The van der Waals surface area contributed by atoms with Gasteiger partial charge in [0, 0.05) is 25.7 Å². The van der Waals surface area contributed by atoms with E-state index in [-0.39, 0.29) is 18.6 Å². The Balaban J connectivity index is 1.55. The van der Waals surface area contributed by atoms with Crippen molar-refractivity contribution in [3.05, 3.63) is 64.5 Å². The van der Waals surface area contributed by atoms with Crippen LogP contribution in [0, 0.1) is 17.1 Å². The van der Waals surface area contributed by atoms with Crippen LogP contribution in [0.1, 0.15) is 22.3 Å². The van der Waals surface area contributed by atoms with E-state index >= 15 is 0 Å². The molecule has 0 aliphatic carbocycles. The van der Waals surface area contributed by atoms with Crippen LogP contribution < -0.4 is 10.1 Å². The van der Waals surface area contributed by atoms with Crippen molar-refractivity contribution in [2.24, 2.45) is 0 Å². The lowest BCUT2D eigenvalue weighted by molar-refractivity contribution is -0.0172. The lowest BCUT2D eigenvalue weighted by Crippen LogP contribution is -2.37. The van der Waals surface area contributed by atoms with E-state index in [2.05, 4.69) is 11.4 Å². The van der Waals surface area contributed by atoms with Gasteiger partial charge < -0.3 is 19.7 Å². The Morgan fingerprint density at radius 3 is 3.04 bits per heavy atom. The number of carbonyl (C=O) groups excluding carboxylic acids is 1.